The molecular weight excluding hydrogens is 374 g/mol. The van der Waals surface area contributed by atoms with Gasteiger partial charge in [-0.05, 0) is 24.3 Å². The topological polar surface area (TPSA) is 93.9 Å². The number of carbonyl (C=O) groups is 3. The smallest absolute Gasteiger partial charge is 0.331 e. The molecule has 1 aliphatic heterocycles. The summed E-state index contributed by atoms with van der Waals surface area (Å²) in [6.45, 7) is -0.533. The summed E-state index contributed by atoms with van der Waals surface area (Å²) in [5, 5.41) is 0.181. The van der Waals surface area contributed by atoms with Crippen molar-refractivity contribution in [1.82, 2.24) is 4.90 Å². The van der Waals surface area contributed by atoms with Crippen molar-refractivity contribution in [3.63, 3.8) is 0 Å². The average molecular weight is 384 g/mol. The number of fused-ring (bicyclic) bond motifs is 2. The van der Waals surface area contributed by atoms with Crippen molar-refractivity contribution < 1.29 is 23.5 Å². The van der Waals surface area contributed by atoms with E-state index in [0.29, 0.717) is 0 Å². The molecule has 4 rings (SSSR count). The second-order valence-electron chi connectivity index (χ2n) is 5.79. The third-order valence-electron chi connectivity index (χ3n) is 4.10. The highest BCUT2D eigenvalue weighted by atomic mass is 35.5. The zero-order valence-corrected chi connectivity index (χ0v) is 14.4. The fraction of sp³-hybridized carbons (Fsp3) is 0.0526. The Morgan fingerprint density at radius 1 is 1.04 bits per heavy atom. The number of hydrogen-bond donors (Lipinski definition) is 0. The van der Waals surface area contributed by atoms with Crippen molar-refractivity contribution in [2.45, 2.75) is 0 Å². The molecule has 2 amide bonds. The van der Waals surface area contributed by atoms with Crippen LogP contribution in [0.2, 0.25) is 5.02 Å². The number of halogens is 1. The Labute approximate surface area is 156 Å². The Balaban J connectivity index is 1.53. The molecular formula is C19H10ClNO6. The zero-order chi connectivity index (χ0) is 19.1. The molecule has 0 N–H and O–H groups in total. The number of imide groups is 1. The lowest BCUT2D eigenvalue weighted by Crippen LogP contribution is -2.36. The minimum atomic E-state index is -0.805. The van der Waals surface area contributed by atoms with Crippen molar-refractivity contribution in [2.75, 3.05) is 6.54 Å². The highest BCUT2D eigenvalue weighted by molar-refractivity contribution is 6.30. The standard InChI is InChI=1S/C19H10ClNO6/c20-14-9-26-15-7-10(5-6-13(15)17(14)23)27-16(22)8-21-18(24)11-3-1-2-4-12(11)19(21)25/h1-7,9H,8H2. The van der Waals surface area contributed by atoms with Crippen LogP contribution in [0.5, 0.6) is 5.75 Å². The Morgan fingerprint density at radius 3 is 2.37 bits per heavy atom. The SMILES string of the molecule is O=C(CN1C(=O)c2ccccc2C1=O)Oc1ccc2c(=O)c(Cl)coc2c1. The first-order valence-electron chi connectivity index (χ1n) is 7.82. The number of esters is 1. The first kappa shape index (κ1) is 17.0. The van der Waals surface area contributed by atoms with Gasteiger partial charge in [0.1, 0.15) is 29.2 Å². The highest BCUT2D eigenvalue weighted by Crippen LogP contribution is 2.23. The maximum atomic E-state index is 12.3. The average Bonchev–Trinajstić information content (AvgIpc) is 2.90. The molecule has 27 heavy (non-hydrogen) atoms. The summed E-state index contributed by atoms with van der Waals surface area (Å²) in [5.41, 5.74) is 0.288. The van der Waals surface area contributed by atoms with Crippen molar-refractivity contribution in [3.8, 4) is 5.75 Å². The van der Waals surface area contributed by atoms with E-state index < -0.39 is 29.8 Å². The van der Waals surface area contributed by atoms with Gasteiger partial charge in [-0.2, -0.15) is 0 Å². The molecule has 0 bridgehead atoms. The van der Waals surface area contributed by atoms with E-state index in [4.69, 9.17) is 20.8 Å². The fourth-order valence-electron chi connectivity index (χ4n) is 2.82. The van der Waals surface area contributed by atoms with Crippen LogP contribution < -0.4 is 10.2 Å². The summed E-state index contributed by atoms with van der Waals surface area (Å²) in [7, 11) is 0. The Kier molecular flexibility index (Phi) is 4.01. The van der Waals surface area contributed by atoms with E-state index in [1.165, 1.54) is 30.3 Å². The van der Waals surface area contributed by atoms with Gasteiger partial charge in [0.05, 0.1) is 16.5 Å². The van der Waals surface area contributed by atoms with Crippen LogP contribution in [0.4, 0.5) is 0 Å². The number of nitrogens with zero attached hydrogens (tertiary/aromatic N) is 1. The largest absolute Gasteiger partial charge is 0.462 e. The number of rotatable bonds is 3. The lowest BCUT2D eigenvalue weighted by atomic mass is 10.1. The lowest BCUT2D eigenvalue weighted by molar-refractivity contribution is -0.134. The van der Waals surface area contributed by atoms with E-state index >= 15 is 0 Å². The molecule has 0 saturated heterocycles. The molecule has 0 saturated carbocycles. The van der Waals surface area contributed by atoms with E-state index in [0.717, 1.165) is 11.2 Å². The first-order chi connectivity index (χ1) is 13.0. The monoisotopic (exact) mass is 383 g/mol. The van der Waals surface area contributed by atoms with Gasteiger partial charge in [-0.1, -0.05) is 23.7 Å². The van der Waals surface area contributed by atoms with E-state index in [1.54, 1.807) is 12.1 Å². The van der Waals surface area contributed by atoms with Gasteiger partial charge in [0.2, 0.25) is 5.43 Å². The number of hydrogen-bond acceptors (Lipinski definition) is 6. The number of amides is 2. The normalized spacial score (nSPS) is 13.1. The molecule has 2 heterocycles. The van der Waals surface area contributed by atoms with Crippen molar-refractivity contribution in [3.05, 3.63) is 75.1 Å². The predicted molar refractivity (Wildman–Crippen MR) is 94.9 cm³/mol. The molecule has 0 spiro atoms. The lowest BCUT2D eigenvalue weighted by Gasteiger charge is -2.13. The minimum absolute atomic E-state index is 0.0575. The quantitative estimate of drug-likeness (QED) is 0.392. The van der Waals surface area contributed by atoms with Crippen LogP contribution in [0.1, 0.15) is 20.7 Å². The van der Waals surface area contributed by atoms with Gasteiger partial charge in [-0.25, -0.2) is 4.79 Å². The van der Waals surface area contributed by atoms with Crippen molar-refractivity contribution in [1.29, 1.82) is 0 Å². The Hall–Kier alpha value is -3.45. The summed E-state index contributed by atoms with van der Waals surface area (Å²) in [6, 6.07) is 10.5. The van der Waals surface area contributed by atoms with E-state index in [1.807, 2.05) is 0 Å². The molecule has 134 valence electrons. The maximum Gasteiger partial charge on any atom is 0.331 e. The van der Waals surface area contributed by atoms with Gasteiger partial charge in [-0.3, -0.25) is 19.3 Å². The van der Waals surface area contributed by atoms with Crippen LogP contribution in [-0.4, -0.2) is 29.2 Å². The second-order valence-corrected chi connectivity index (χ2v) is 6.19. The summed E-state index contributed by atoms with van der Waals surface area (Å²) >= 11 is 5.71. The second kappa shape index (κ2) is 6.37. The highest BCUT2D eigenvalue weighted by Gasteiger charge is 2.36. The van der Waals surface area contributed by atoms with E-state index in [2.05, 4.69) is 0 Å². The van der Waals surface area contributed by atoms with Crippen LogP contribution in [0, 0.1) is 0 Å². The predicted octanol–water partition coefficient (Wildman–Crippen LogP) is 2.65. The molecule has 0 atom stereocenters. The third-order valence-corrected chi connectivity index (χ3v) is 4.36. The van der Waals surface area contributed by atoms with Gasteiger partial charge in [0.15, 0.2) is 0 Å². The third kappa shape index (κ3) is 2.88. The molecule has 0 fully saturated rings. The molecule has 0 unspecified atom stereocenters. The molecule has 0 aliphatic carbocycles. The number of benzene rings is 2. The maximum absolute atomic E-state index is 12.3. The zero-order valence-electron chi connectivity index (χ0n) is 13.6. The molecule has 8 heteroatoms. The van der Waals surface area contributed by atoms with E-state index in [-0.39, 0.29) is 32.9 Å². The van der Waals surface area contributed by atoms with Gasteiger partial charge in [-0.15, -0.1) is 0 Å². The minimum Gasteiger partial charge on any atom is -0.462 e. The van der Waals surface area contributed by atoms with Crippen LogP contribution in [0.25, 0.3) is 11.0 Å². The summed E-state index contributed by atoms with van der Waals surface area (Å²) in [5.74, 6) is -1.80. The van der Waals surface area contributed by atoms with Crippen molar-refractivity contribution >= 4 is 40.4 Å². The Morgan fingerprint density at radius 2 is 1.70 bits per heavy atom. The number of carbonyl (C=O) groups excluding carboxylic acids is 3. The summed E-state index contributed by atoms with van der Waals surface area (Å²) < 4.78 is 10.4. The molecule has 7 nitrogen and oxygen atoms in total. The van der Waals surface area contributed by atoms with Crippen LogP contribution in [0.15, 0.2) is 57.9 Å². The fourth-order valence-corrected chi connectivity index (χ4v) is 2.97. The van der Waals surface area contributed by atoms with Gasteiger partial charge in [0.25, 0.3) is 11.8 Å². The molecule has 2 aromatic carbocycles. The molecule has 0 radical (unpaired) electrons. The van der Waals surface area contributed by atoms with Gasteiger partial charge < -0.3 is 9.15 Å². The van der Waals surface area contributed by atoms with Gasteiger partial charge >= 0.3 is 5.97 Å². The van der Waals surface area contributed by atoms with Crippen LogP contribution in [-0.2, 0) is 4.79 Å². The Bertz CT molecular complexity index is 1150. The molecule has 3 aromatic rings. The van der Waals surface area contributed by atoms with Crippen LogP contribution in [0.3, 0.4) is 0 Å². The number of ether oxygens (including phenoxy) is 1. The van der Waals surface area contributed by atoms with Crippen LogP contribution >= 0.6 is 11.6 Å². The van der Waals surface area contributed by atoms with E-state index in [9.17, 15) is 19.2 Å². The molecule has 1 aliphatic rings. The van der Waals surface area contributed by atoms with Crippen molar-refractivity contribution in [2.24, 2.45) is 0 Å². The first-order valence-corrected chi connectivity index (χ1v) is 8.20. The molecule has 1 aromatic heterocycles. The summed E-state index contributed by atoms with van der Waals surface area (Å²) in [6.07, 6.45) is 1.09. The van der Waals surface area contributed by atoms with Gasteiger partial charge in [0, 0.05) is 6.07 Å². The summed E-state index contributed by atoms with van der Waals surface area (Å²) in [4.78, 5) is 49.5.